The van der Waals surface area contributed by atoms with Gasteiger partial charge in [-0.1, -0.05) is 0 Å². The van der Waals surface area contributed by atoms with E-state index in [9.17, 15) is 24.0 Å². The quantitative estimate of drug-likeness (QED) is 0.436. The van der Waals surface area contributed by atoms with Crippen LogP contribution in [0.15, 0.2) is 11.8 Å². The molecule has 0 spiro atoms. The van der Waals surface area contributed by atoms with E-state index in [2.05, 4.69) is 0 Å². The SMILES string of the molecule is COC(=O)[C@@H]1[C@H](C(=O)OC)[C@H](COC(C)=O)C(OC(C)=O)=C[C@@H]1COC(C)=O. The molecule has 10 heteroatoms. The number of carbonyl (C=O) groups is 5. The van der Waals surface area contributed by atoms with E-state index >= 15 is 0 Å². The summed E-state index contributed by atoms with van der Waals surface area (Å²) in [6.45, 7) is 2.93. The number of esters is 5. The largest absolute Gasteiger partial charge is 0.469 e. The predicted octanol–water partition coefficient (Wildman–Crippen LogP) is 0.384. The number of ether oxygens (including phenoxy) is 5. The summed E-state index contributed by atoms with van der Waals surface area (Å²) < 4.78 is 24.8. The minimum Gasteiger partial charge on any atom is -0.469 e. The zero-order valence-electron chi connectivity index (χ0n) is 16.4. The van der Waals surface area contributed by atoms with Crippen LogP contribution in [0, 0.1) is 23.7 Å². The lowest BCUT2D eigenvalue weighted by Gasteiger charge is -2.38. The van der Waals surface area contributed by atoms with E-state index in [0.717, 1.165) is 21.1 Å². The standard InChI is InChI=1S/C18H24O10/c1-9(19)26-7-12-6-14(28-11(3)21)13(8-27-10(2)20)16(18(23)25-5)15(12)17(22)24-4/h6,12-13,15-16H,7-8H2,1-5H3/t12-,13-,15+,16-/m1/s1. The molecule has 0 amide bonds. The van der Waals surface area contributed by atoms with Crippen molar-refractivity contribution in [3.05, 3.63) is 11.8 Å². The van der Waals surface area contributed by atoms with Crippen LogP contribution in [0.5, 0.6) is 0 Å². The van der Waals surface area contributed by atoms with Crippen molar-refractivity contribution in [3.63, 3.8) is 0 Å². The van der Waals surface area contributed by atoms with Gasteiger partial charge in [-0.25, -0.2) is 0 Å². The minimum atomic E-state index is -1.20. The molecule has 0 bridgehead atoms. The van der Waals surface area contributed by atoms with Crippen LogP contribution in [0.1, 0.15) is 20.8 Å². The summed E-state index contributed by atoms with van der Waals surface area (Å²) in [6, 6.07) is 0. The molecule has 1 aliphatic carbocycles. The van der Waals surface area contributed by atoms with Crippen molar-refractivity contribution in [3.8, 4) is 0 Å². The van der Waals surface area contributed by atoms with E-state index in [0.29, 0.717) is 0 Å². The van der Waals surface area contributed by atoms with E-state index in [1.807, 2.05) is 0 Å². The van der Waals surface area contributed by atoms with E-state index < -0.39 is 53.5 Å². The summed E-state index contributed by atoms with van der Waals surface area (Å²) in [4.78, 5) is 59.0. The number of methoxy groups -OCH3 is 2. The second kappa shape index (κ2) is 10.4. The molecule has 0 fully saturated rings. The summed E-state index contributed by atoms with van der Waals surface area (Å²) in [5.41, 5.74) is 0. The van der Waals surface area contributed by atoms with Crippen molar-refractivity contribution in [2.24, 2.45) is 23.7 Å². The molecule has 10 nitrogen and oxygen atoms in total. The van der Waals surface area contributed by atoms with Gasteiger partial charge in [0.15, 0.2) is 0 Å². The molecule has 0 saturated heterocycles. The average Bonchev–Trinajstić information content (AvgIpc) is 2.62. The van der Waals surface area contributed by atoms with E-state index in [-0.39, 0.29) is 19.0 Å². The van der Waals surface area contributed by atoms with Gasteiger partial charge in [-0.15, -0.1) is 0 Å². The van der Waals surface area contributed by atoms with E-state index in [1.165, 1.54) is 19.9 Å². The van der Waals surface area contributed by atoms with Crippen LogP contribution in [-0.4, -0.2) is 57.3 Å². The third-order valence-electron chi connectivity index (χ3n) is 4.18. The Morgan fingerprint density at radius 2 is 1.29 bits per heavy atom. The summed E-state index contributed by atoms with van der Waals surface area (Å²) in [7, 11) is 2.27. The van der Waals surface area contributed by atoms with Gasteiger partial charge in [-0.3, -0.25) is 24.0 Å². The molecule has 0 aromatic heterocycles. The predicted molar refractivity (Wildman–Crippen MR) is 91.1 cm³/mol. The van der Waals surface area contributed by atoms with Gasteiger partial charge in [-0.2, -0.15) is 0 Å². The van der Waals surface area contributed by atoms with Gasteiger partial charge in [0.25, 0.3) is 0 Å². The lowest BCUT2D eigenvalue weighted by Crippen LogP contribution is -2.47. The van der Waals surface area contributed by atoms with Gasteiger partial charge in [0, 0.05) is 26.7 Å². The molecule has 0 radical (unpaired) electrons. The lowest BCUT2D eigenvalue weighted by molar-refractivity contribution is -0.168. The zero-order valence-corrected chi connectivity index (χ0v) is 16.4. The molecule has 28 heavy (non-hydrogen) atoms. The molecule has 0 unspecified atom stereocenters. The van der Waals surface area contributed by atoms with Crippen molar-refractivity contribution in [2.75, 3.05) is 27.4 Å². The molecule has 0 saturated carbocycles. The summed E-state index contributed by atoms with van der Waals surface area (Å²) >= 11 is 0. The van der Waals surface area contributed by atoms with Gasteiger partial charge >= 0.3 is 29.8 Å². The normalized spacial score (nSPS) is 23.7. The van der Waals surface area contributed by atoms with Crippen molar-refractivity contribution in [1.82, 2.24) is 0 Å². The monoisotopic (exact) mass is 400 g/mol. The first-order chi connectivity index (χ1) is 13.1. The van der Waals surface area contributed by atoms with Crippen LogP contribution in [-0.2, 0) is 47.7 Å². The fourth-order valence-corrected chi connectivity index (χ4v) is 3.07. The lowest BCUT2D eigenvalue weighted by atomic mass is 9.69. The number of carbonyl (C=O) groups excluding carboxylic acids is 5. The van der Waals surface area contributed by atoms with Gasteiger partial charge < -0.3 is 23.7 Å². The molecule has 0 N–H and O–H groups in total. The third kappa shape index (κ3) is 6.07. The van der Waals surface area contributed by atoms with Crippen LogP contribution < -0.4 is 0 Å². The van der Waals surface area contributed by atoms with Crippen molar-refractivity contribution in [2.45, 2.75) is 20.8 Å². The second-order valence-corrected chi connectivity index (χ2v) is 6.14. The maximum Gasteiger partial charge on any atom is 0.310 e. The van der Waals surface area contributed by atoms with E-state index in [4.69, 9.17) is 23.7 Å². The molecular weight excluding hydrogens is 376 g/mol. The second-order valence-electron chi connectivity index (χ2n) is 6.14. The first-order valence-corrected chi connectivity index (χ1v) is 8.44. The Morgan fingerprint density at radius 3 is 1.75 bits per heavy atom. The Bertz CT molecular complexity index is 665. The highest BCUT2D eigenvalue weighted by molar-refractivity contribution is 5.84. The maximum absolute atomic E-state index is 12.5. The molecule has 0 aromatic carbocycles. The summed E-state index contributed by atoms with van der Waals surface area (Å²) in [5, 5.41) is 0. The van der Waals surface area contributed by atoms with Gasteiger partial charge in [0.05, 0.1) is 38.6 Å². The van der Waals surface area contributed by atoms with Crippen LogP contribution in [0.3, 0.4) is 0 Å². The fraction of sp³-hybridized carbons (Fsp3) is 0.611. The number of hydrogen-bond donors (Lipinski definition) is 0. The highest BCUT2D eigenvalue weighted by Crippen LogP contribution is 2.41. The van der Waals surface area contributed by atoms with Crippen LogP contribution in [0.25, 0.3) is 0 Å². The van der Waals surface area contributed by atoms with Gasteiger partial charge in [0.1, 0.15) is 12.4 Å². The molecule has 1 rings (SSSR count). The Labute approximate surface area is 162 Å². The van der Waals surface area contributed by atoms with Crippen LogP contribution in [0.2, 0.25) is 0 Å². The highest BCUT2D eigenvalue weighted by atomic mass is 16.6. The first-order valence-electron chi connectivity index (χ1n) is 8.44. The van der Waals surface area contributed by atoms with E-state index in [1.54, 1.807) is 0 Å². The highest BCUT2D eigenvalue weighted by Gasteiger charge is 2.51. The Kier molecular flexibility index (Phi) is 8.62. The Balaban J connectivity index is 3.48. The van der Waals surface area contributed by atoms with Crippen molar-refractivity contribution in [1.29, 1.82) is 0 Å². The Hall–Kier alpha value is -2.91. The topological polar surface area (TPSA) is 132 Å². The molecule has 156 valence electrons. The average molecular weight is 400 g/mol. The van der Waals surface area contributed by atoms with Crippen molar-refractivity contribution >= 4 is 29.8 Å². The Morgan fingerprint density at radius 1 is 0.786 bits per heavy atom. The van der Waals surface area contributed by atoms with Gasteiger partial charge in [-0.05, 0) is 6.08 Å². The molecule has 0 heterocycles. The van der Waals surface area contributed by atoms with Crippen LogP contribution in [0.4, 0.5) is 0 Å². The number of hydrogen-bond acceptors (Lipinski definition) is 10. The fourth-order valence-electron chi connectivity index (χ4n) is 3.07. The first kappa shape index (κ1) is 23.1. The van der Waals surface area contributed by atoms with Crippen LogP contribution >= 0.6 is 0 Å². The minimum absolute atomic E-state index is 0.0152. The smallest absolute Gasteiger partial charge is 0.310 e. The van der Waals surface area contributed by atoms with Crippen molar-refractivity contribution < 1.29 is 47.7 Å². The summed E-state index contributed by atoms with van der Waals surface area (Å²) in [5.74, 6) is -7.54. The molecule has 4 atom stereocenters. The number of rotatable bonds is 7. The summed E-state index contributed by atoms with van der Waals surface area (Å²) in [6.07, 6.45) is 1.40. The van der Waals surface area contributed by atoms with Gasteiger partial charge in [0.2, 0.25) is 0 Å². The zero-order chi connectivity index (χ0) is 21.4. The molecular formula is C18H24O10. The molecule has 0 aromatic rings. The molecule has 0 aliphatic heterocycles. The maximum atomic E-state index is 12.5. The molecule has 1 aliphatic rings. The third-order valence-corrected chi connectivity index (χ3v) is 4.18.